The van der Waals surface area contributed by atoms with Crippen LogP contribution < -0.4 is 5.32 Å². The molecule has 1 saturated heterocycles. The first kappa shape index (κ1) is 4.97. The molecule has 0 aliphatic carbocycles. The van der Waals surface area contributed by atoms with Crippen molar-refractivity contribution < 1.29 is 8.78 Å². The van der Waals surface area contributed by atoms with E-state index in [1.165, 1.54) is 0 Å². The summed E-state index contributed by atoms with van der Waals surface area (Å²) >= 11 is 0. The van der Waals surface area contributed by atoms with Crippen LogP contribution in [-0.4, -0.2) is 18.5 Å². The average molecular weight is 107 g/mol. The molecule has 1 N–H and O–H groups in total. The molecule has 0 spiro atoms. The number of rotatable bonds is 0. The molecule has 0 aromatic carbocycles. The van der Waals surface area contributed by atoms with Crippen molar-refractivity contribution in [1.29, 1.82) is 0 Å². The molecule has 0 bridgehead atoms. The molecule has 1 fully saturated rings. The van der Waals surface area contributed by atoms with Gasteiger partial charge in [-0.2, -0.15) is 0 Å². The Kier molecular flexibility index (Phi) is 0.995. The molecule has 1 heterocycles. The SMILES string of the molecule is CC1NC(F)C1F. The minimum atomic E-state index is -1.41. The number of alkyl halides is 2. The van der Waals surface area contributed by atoms with Crippen LogP contribution in [0, 0.1) is 0 Å². The topological polar surface area (TPSA) is 12.0 Å². The molecule has 0 saturated carbocycles. The number of hydrogen-bond acceptors (Lipinski definition) is 1. The standard InChI is InChI=1S/C4H7F2N/c1-2-3(5)4(6)7-2/h2-4,7H,1H3. The summed E-state index contributed by atoms with van der Waals surface area (Å²) in [5.74, 6) is 0. The summed E-state index contributed by atoms with van der Waals surface area (Å²) in [4.78, 5) is 0. The molecule has 1 rings (SSSR count). The summed E-state index contributed by atoms with van der Waals surface area (Å²) in [5, 5.41) is 2.31. The Balaban J connectivity index is 2.29. The van der Waals surface area contributed by atoms with E-state index in [9.17, 15) is 8.78 Å². The van der Waals surface area contributed by atoms with E-state index in [0.717, 1.165) is 0 Å². The van der Waals surface area contributed by atoms with E-state index in [4.69, 9.17) is 0 Å². The summed E-state index contributed by atoms with van der Waals surface area (Å²) in [6, 6.07) is -0.282. The van der Waals surface area contributed by atoms with Crippen molar-refractivity contribution >= 4 is 0 Å². The Morgan fingerprint density at radius 1 is 1.43 bits per heavy atom. The van der Waals surface area contributed by atoms with E-state index in [2.05, 4.69) is 5.32 Å². The smallest absolute Gasteiger partial charge is 0.184 e. The van der Waals surface area contributed by atoms with Gasteiger partial charge in [-0.3, -0.25) is 5.32 Å². The van der Waals surface area contributed by atoms with Crippen molar-refractivity contribution in [3.05, 3.63) is 0 Å². The minimum Gasteiger partial charge on any atom is -0.280 e. The Morgan fingerprint density at radius 2 is 2.00 bits per heavy atom. The molecule has 0 aromatic rings. The molecule has 1 aliphatic heterocycles. The van der Waals surface area contributed by atoms with E-state index in [-0.39, 0.29) is 6.04 Å². The molecule has 1 aliphatic rings. The van der Waals surface area contributed by atoms with Crippen molar-refractivity contribution in [3.8, 4) is 0 Å². The fraction of sp³-hybridized carbons (Fsp3) is 1.00. The minimum absolute atomic E-state index is 0.282. The highest BCUT2D eigenvalue weighted by atomic mass is 19.2. The summed E-state index contributed by atoms with van der Waals surface area (Å²) in [7, 11) is 0. The van der Waals surface area contributed by atoms with Gasteiger partial charge in [0, 0.05) is 6.04 Å². The van der Waals surface area contributed by atoms with Crippen LogP contribution in [0.3, 0.4) is 0 Å². The molecular formula is C4H7F2N. The van der Waals surface area contributed by atoms with Crippen LogP contribution in [-0.2, 0) is 0 Å². The van der Waals surface area contributed by atoms with Crippen LogP contribution in [0.25, 0.3) is 0 Å². The van der Waals surface area contributed by atoms with Crippen LogP contribution in [0.15, 0.2) is 0 Å². The van der Waals surface area contributed by atoms with E-state index >= 15 is 0 Å². The maximum atomic E-state index is 11.9. The fourth-order valence-electron chi connectivity index (χ4n) is 0.570. The second kappa shape index (κ2) is 1.40. The fourth-order valence-corrected chi connectivity index (χ4v) is 0.570. The van der Waals surface area contributed by atoms with Gasteiger partial charge in [-0.15, -0.1) is 0 Å². The third kappa shape index (κ3) is 0.608. The Bertz CT molecular complexity index is 68.1. The highest BCUT2D eigenvalue weighted by molar-refractivity contribution is 4.88. The molecule has 1 nitrogen and oxygen atoms in total. The second-order valence-electron chi connectivity index (χ2n) is 1.80. The van der Waals surface area contributed by atoms with Gasteiger partial charge in [-0.1, -0.05) is 0 Å². The predicted molar refractivity (Wildman–Crippen MR) is 22.4 cm³/mol. The maximum Gasteiger partial charge on any atom is 0.184 e. The Hall–Kier alpha value is -0.180. The summed E-state index contributed by atoms with van der Waals surface area (Å²) in [6.45, 7) is 1.61. The van der Waals surface area contributed by atoms with Crippen LogP contribution in [0.1, 0.15) is 6.92 Å². The maximum absolute atomic E-state index is 11.9. The Labute approximate surface area is 40.7 Å². The monoisotopic (exact) mass is 107 g/mol. The van der Waals surface area contributed by atoms with Gasteiger partial charge in [0.05, 0.1) is 0 Å². The normalized spacial score (nSPS) is 51.0. The first-order chi connectivity index (χ1) is 3.22. The second-order valence-corrected chi connectivity index (χ2v) is 1.80. The van der Waals surface area contributed by atoms with Gasteiger partial charge < -0.3 is 0 Å². The summed E-state index contributed by atoms with van der Waals surface area (Å²) in [5.41, 5.74) is 0. The van der Waals surface area contributed by atoms with Gasteiger partial charge in [0.2, 0.25) is 0 Å². The van der Waals surface area contributed by atoms with Crippen LogP contribution >= 0.6 is 0 Å². The van der Waals surface area contributed by atoms with Crippen LogP contribution in [0.5, 0.6) is 0 Å². The van der Waals surface area contributed by atoms with Gasteiger partial charge >= 0.3 is 0 Å². The van der Waals surface area contributed by atoms with Crippen molar-refractivity contribution in [2.45, 2.75) is 25.4 Å². The lowest BCUT2D eigenvalue weighted by molar-refractivity contribution is 0.0125. The van der Waals surface area contributed by atoms with Crippen molar-refractivity contribution in [1.82, 2.24) is 5.32 Å². The van der Waals surface area contributed by atoms with E-state index < -0.39 is 12.5 Å². The number of hydrogen-bond donors (Lipinski definition) is 1. The lowest BCUT2D eigenvalue weighted by atomic mass is 10.1. The van der Waals surface area contributed by atoms with E-state index in [0.29, 0.717) is 0 Å². The predicted octanol–water partition coefficient (Wildman–Crippen LogP) is 0.612. The average Bonchev–Trinajstić information content (AvgIpc) is 1.68. The molecule has 3 unspecified atom stereocenters. The van der Waals surface area contributed by atoms with Gasteiger partial charge in [-0.25, -0.2) is 8.78 Å². The number of nitrogens with one attached hydrogen (secondary N) is 1. The zero-order valence-electron chi connectivity index (χ0n) is 3.99. The molecule has 7 heavy (non-hydrogen) atoms. The Morgan fingerprint density at radius 3 is 2.00 bits per heavy atom. The van der Waals surface area contributed by atoms with Gasteiger partial charge in [0.1, 0.15) is 0 Å². The van der Waals surface area contributed by atoms with E-state index in [1.807, 2.05) is 0 Å². The third-order valence-corrected chi connectivity index (χ3v) is 1.18. The highest BCUT2D eigenvalue weighted by Gasteiger charge is 2.37. The van der Waals surface area contributed by atoms with E-state index in [1.54, 1.807) is 6.92 Å². The van der Waals surface area contributed by atoms with Crippen LogP contribution in [0.2, 0.25) is 0 Å². The summed E-state index contributed by atoms with van der Waals surface area (Å²) < 4.78 is 23.5. The molecule has 0 aromatic heterocycles. The third-order valence-electron chi connectivity index (χ3n) is 1.18. The molecule has 3 heteroatoms. The van der Waals surface area contributed by atoms with Gasteiger partial charge in [-0.05, 0) is 6.92 Å². The molecule has 0 radical (unpaired) electrons. The zero-order valence-corrected chi connectivity index (χ0v) is 3.99. The zero-order chi connectivity index (χ0) is 5.44. The lowest BCUT2D eigenvalue weighted by Gasteiger charge is -2.32. The molecule has 0 amide bonds. The van der Waals surface area contributed by atoms with Crippen molar-refractivity contribution in [3.63, 3.8) is 0 Å². The van der Waals surface area contributed by atoms with Crippen LogP contribution in [0.4, 0.5) is 8.78 Å². The van der Waals surface area contributed by atoms with Gasteiger partial charge in [0.25, 0.3) is 0 Å². The summed E-state index contributed by atoms with van der Waals surface area (Å²) in [6.07, 6.45) is -2.69. The molecule has 3 atom stereocenters. The van der Waals surface area contributed by atoms with Gasteiger partial charge in [0.15, 0.2) is 12.5 Å². The first-order valence-corrected chi connectivity index (χ1v) is 2.26. The quantitative estimate of drug-likeness (QED) is 0.447. The molecule has 42 valence electrons. The number of halogens is 2. The first-order valence-electron chi connectivity index (χ1n) is 2.26. The molecular weight excluding hydrogens is 100 g/mol. The highest BCUT2D eigenvalue weighted by Crippen LogP contribution is 2.16. The largest absolute Gasteiger partial charge is 0.280 e. The van der Waals surface area contributed by atoms with Crippen molar-refractivity contribution in [2.24, 2.45) is 0 Å². The van der Waals surface area contributed by atoms with Crippen molar-refractivity contribution in [2.75, 3.05) is 0 Å². The lowest BCUT2D eigenvalue weighted by Crippen LogP contribution is -2.59.